The Labute approximate surface area is 125 Å². The van der Waals surface area contributed by atoms with Gasteiger partial charge in [0.2, 0.25) is 0 Å². The van der Waals surface area contributed by atoms with Crippen molar-refractivity contribution in [2.24, 2.45) is 0 Å². The van der Waals surface area contributed by atoms with Gasteiger partial charge in [-0.2, -0.15) is 0 Å². The average molecular weight is 293 g/mol. The highest BCUT2D eigenvalue weighted by Gasteiger charge is 2.26. The molecule has 116 valence electrons. The fourth-order valence-electron chi connectivity index (χ4n) is 2.14. The lowest BCUT2D eigenvalue weighted by molar-refractivity contribution is 0.0240. The van der Waals surface area contributed by atoms with E-state index in [4.69, 9.17) is 9.84 Å². The van der Waals surface area contributed by atoms with E-state index in [9.17, 15) is 4.79 Å². The van der Waals surface area contributed by atoms with Gasteiger partial charge in [-0.15, -0.1) is 0 Å². The van der Waals surface area contributed by atoms with Gasteiger partial charge in [-0.3, -0.25) is 0 Å². The van der Waals surface area contributed by atoms with E-state index in [-0.39, 0.29) is 12.7 Å². The minimum absolute atomic E-state index is 0.000296. The van der Waals surface area contributed by atoms with E-state index in [2.05, 4.69) is 9.88 Å². The van der Waals surface area contributed by atoms with Crippen molar-refractivity contribution in [3.05, 3.63) is 23.9 Å². The van der Waals surface area contributed by atoms with Crippen LogP contribution in [0, 0.1) is 0 Å². The average Bonchev–Trinajstić information content (AvgIpc) is 2.46. The number of carbonyl (C=O) groups excluding carboxylic acids is 1. The maximum Gasteiger partial charge on any atom is 0.410 e. The fourth-order valence-corrected chi connectivity index (χ4v) is 2.14. The van der Waals surface area contributed by atoms with Gasteiger partial charge in [0.25, 0.3) is 0 Å². The molecular weight excluding hydrogens is 270 g/mol. The largest absolute Gasteiger partial charge is 0.444 e. The van der Waals surface area contributed by atoms with Gasteiger partial charge in [0.1, 0.15) is 11.4 Å². The van der Waals surface area contributed by atoms with Gasteiger partial charge in [-0.05, 0) is 32.4 Å². The monoisotopic (exact) mass is 293 g/mol. The zero-order chi connectivity index (χ0) is 15.5. The van der Waals surface area contributed by atoms with Crippen LogP contribution in [-0.2, 0) is 11.3 Å². The highest BCUT2D eigenvalue weighted by Crippen LogP contribution is 2.16. The van der Waals surface area contributed by atoms with Crippen LogP contribution < -0.4 is 4.90 Å². The molecule has 2 heterocycles. The first-order valence-electron chi connectivity index (χ1n) is 7.18. The molecule has 1 fully saturated rings. The van der Waals surface area contributed by atoms with Gasteiger partial charge in [0.15, 0.2) is 0 Å². The number of amides is 1. The molecule has 0 atom stereocenters. The number of aliphatic hydroxyl groups is 1. The molecule has 1 N–H and O–H groups in total. The van der Waals surface area contributed by atoms with Gasteiger partial charge < -0.3 is 19.6 Å². The molecule has 2 rings (SSSR count). The number of anilines is 1. The number of nitrogens with zero attached hydrogens (tertiary/aromatic N) is 3. The van der Waals surface area contributed by atoms with Crippen LogP contribution in [0.15, 0.2) is 18.3 Å². The normalized spacial score (nSPS) is 16.0. The number of pyridine rings is 1. The first-order valence-corrected chi connectivity index (χ1v) is 7.18. The van der Waals surface area contributed by atoms with E-state index in [0.717, 1.165) is 24.5 Å². The van der Waals surface area contributed by atoms with E-state index >= 15 is 0 Å². The third-order valence-electron chi connectivity index (χ3n) is 3.25. The fraction of sp³-hybridized carbons (Fsp3) is 0.600. The molecule has 0 spiro atoms. The summed E-state index contributed by atoms with van der Waals surface area (Å²) in [7, 11) is 0. The van der Waals surface area contributed by atoms with Crippen molar-refractivity contribution in [1.29, 1.82) is 0 Å². The Kier molecular flexibility index (Phi) is 4.67. The number of carbonyl (C=O) groups is 1. The molecule has 0 aromatic carbocycles. The molecule has 0 saturated carbocycles. The number of piperazine rings is 1. The second kappa shape index (κ2) is 6.30. The zero-order valence-electron chi connectivity index (χ0n) is 12.9. The summed E-state index contributed by atoms with van der Waals surface area (Å²) in [6, 6.07) is 3.76. The maximum atomic E-state index is 12.0. The van der Waals surface area contributed by atoms with Crippen molar-refractivity contribution >= 4 is 11.9 Å². The summed E-state index contributed by atoms with van der Waals surface area (Å²) in [6.45, 7) is 8.31. The van der Waals surface area contributed by atoms with Crippen LogP contribution >= 0.6 is 0 Å². The quantitative estimate of drug-likeness (QED) is 0.898. The molecule has 1 aliphatic rings. The lowest BCUT2D eigenvalue weighted by atomic mass is 10.2. The van der Waals surface area contributed by atoms with E-state index in [1.54, 1.807) is 11.1 Å². The predicted octanol–water partition coefficient (Wildman–Crippen LogP) is 1.63. The molecular formula is C15H23N3O3. The number of hydrogen-bond donors (Lipinski definition) is 1. The Morgan fingerprint density at radius 2 is 1.95 bits per heavy atom. The van der Waals surface area contributed by atoms with Gasteiger partial charge in [-0.1, -0.05) is 6.07 Å². The van der Waals surface area contributed by atoms with Crippen LogP contribution in [0.3, 0.4) is 0 Å². The third-order valence-corrected chi connectivity index (χ3v) is 3.25. The van der Waals surface area contributed by atoms with Crippen molar-refractivity contribution < 1.29 is 14.6 Å². The van der Waals surface area contributed by atoms with Crippen LogP contribution in [-0.4, -0.2) is 52.9 Å². The first kappa shape index (κ1) is 15.6. The Bertz CT molecular complexity index is 474. The lowest BCUT2D eigenvalue weighted by Gasteiger charge is -2.36. The Morgan fingerprint density at radius 1 is 1.29 bits per heavy atom. The highest BCUT2D eigenvalue weighted by molar-refractivity contribution is 5.68. The topological polar surface area (TPSA) is 65.9 Å². The minimum atomic E-state index is -0.462. The summed E-state index contributed by atoms with van der Waals surface area (Å²) in [4.78, 5) is 20.2. The molecule has 1 aliphatic heterocycles. The van der Waals surface area contributed by atoms with Gasteiger partial charge in [0.05, 0.1) is 6.61 Å². The molecule has 1 aromatic heterocycles. The Morgan fingerprint density at radius 3 is 2.43 bits per heavy atom. The molecule has 0 radical (unpaired) electrons. The van der Waals surface area contributed by atoms with Gasteiger partial charge >= 0.3 is 6.09 Å². The minimum Gasteiger partial charge on any atom is -0.444 e. The number of rotatable bonds is 2. The first-order chi connectivity index (χ1) is 9.89. The van der Waals surface area contributed by atoms with Crippen molar-refractivity contribution in [2.45, 2.75) is 33.0 Å². The smallest absolute Gasteiger partial charge is 0.410 e. The predicted molar refractivity (Wildman–Crippen MR) is 80.2 cm³/mol. The molecule has 6 heteroatoms. The van der Waals surface area contributed by atoms with Crippen molar-refractivity contribution in [2.75, 3.05) is 31.1 Å². The van der Waals surface area contributed by atoms with E-state index in [1.165, 1.54) is 0 Å². The van der Waals surface area contributed by atoms with E-state index < -0.39 is 5.60 Å². The summed E-state index contributed by atoms with van der Waals surface area (Å²) < 4.78 is 5.37. The van der Waals surface area contributed by atoms with E-state index in [1.807, 2.05) is 32.9 Å². The second-order valence-electron chi connectivity index (χ2n) is 6.14. The Balaban J connectivity index is 1.89. The Hall–Kier alpha value is -1.82. The van der Waals surface area contributed by atoms with E-state index in [0.29, 0.717) is 13.1 Å². The summed E-state index contributed by atoms with van der Waals surface area (Å²) in [5, 5.41) is 9.02. The van der Waals surface area contributed by atoms with Crippen molar-refractivity contribution in [3.8, 4) is 0 Å². The molecule has 0 aliphatic carbocycles. The van der Waals surface area contributed by atoms with Gasteiger partial charge in [0, 0.05) is 32.4 Å². The number of ether oxygens (including phenoxy) is 1. The lowest BCUT2D eigenvalue weighted by Crippen LogP contribution is -2.50. The number of aliphatic hydroxyl groups excluding tert-OH is 1. The molecule has 1 amide bonds. The summed E-state index contributed by atoms with van der Waals surface area (Å²) in [5.74, 6) is 0.871. The molecule has 1 aromatic rings. The third kappa shape index (κ3) is 4.32. The standard InChI is InChI=1S/C15H23N3O3/c1-15(2,3)21-14(20)18-8-6-17(7-9-18)13-5-4-12(11-19)10-16-13/h4-5,10,19H,6-9,11H2,1-3H3. The van der Waals surface area contributed by atoms with Crippen LogP contribution in [0.1, 0.15) is 26.3 Å². The van der Waals surface area contributed by atoms with Crippen LogP contribution in [0.4, 0.5) is 10.6 Å². The van der Waals surface area contributed by atoms with Crippen LogP contribution in [0.5, 0.6) is 0 Å². The van der Waals surface area contributed by atoms with Gasteiger partial charge in [-0.25, -0.2) is 9.78 Å². The molecule has 0 bridgehead atoms. The SMILES string of the molecule is CC(C)(C)OC(=O)N1CCN(c2ccc(CO)cn2)CC1. The molecule has 21 heavy (non-hydrogen) atoms. The highest BCUT2D eigenvalue weighted by atomic mass is 16.6. The van der Waals surface area contributed by atoms with Crippen LogP contribution in [0.25, 0.3) is 0 Å². The molecule has 0 unspecified atom stereocenters. The zero-order valence-corrected chi connectivity index (χ0v) is 12.9. The second-order valence-corrected chi connectivity index (χ2v) is 6.14. The maximum absolute atomic E-state index is 12.0. The van der Waals surface area contributed by atoms with Crippen molar-refractivity contribution in [1.82, 2.24) is 9.88 Å². The summed E-state index contributed by atoms with van der Waals surface area (Å²) >= 11 is 0. The summed E-state index contributed by atoms with van der Waals surface area (Å²) in [5.41, 5.74) is 0.335. The number of aromatic nitrogens is 1. The summed E-state index contributed by atoms with van der Waals surface area (Å²) in [6.07, 6.45) is 1.42. The van der Waals surface area contributed by atoms with Crippen LogP contribution in [0.2, 0.25) is 0 Å². The molecule has 6 nitrogen and oxygen atoms in total. The molecule has 1 saturated heterocycles. The number of hydrogen-bond acceptors (Lipinski definition) is 5. The van der Waals surface area contributed by atoms with Crippen molar-refractivity contribution in [3.63, 3.8) is 0 Å².